The number of thioether (sulfide) groups is 1. The number of carbonyl (C=O) groups excluding carboxylic acids is 1. The molecule has 10 N–H and O–H groups in total. The van der Waals surface area contributed by atoms with Crippen molar-refractivity contribution in [3.63, 3.8) is 0 Å². The number of carbonyl (C=O) groups is 1. The number of rotatable bonds is 2. The molecule has 0 heterocycles. The highest BCUT2D eigenvalue weighted by Gasteiger charge is 1.67. The summed E-state index contributed by atoms with van der Waals surface area (Å²) in [4.78, 5) is 9.00. The van der Waals surface area contributed by atoms with Crippen molar-refractivity contribution in [1.82, 2.24) is 12.3 Å². The summed E-state index contributed by atoms with van der Waals surface area (Å²) in [6, 6.07) is -0.833. The lowest BCUT2D eigenvalue weighted by atomic mass is 11.0. The van der Waals surface area contributed by atoms with E-state index in [0.717, 1.165) is 0 Å². The van der Waals surface area contributed by atoms with Gasteiger partial charge >= 0.3 is 6.03 Å². The highest BCUT2D eigenvalue weighted by atomic mass is 32.2. The van der Waals surface area contributed by atoms with Crippen LogP contribution in [0.2, 0.25) is 0 Å². The van der Waals surface area contributed by atoms with Gasteiger partial charge in [-0.25, -0.2) is 4.79 Å². The minimum absolute atomic E-state index is 0. The second-order valence-corrected chi connectivity index (χ2v) is 2.75. The second kappa shape index (κ2) is 22.7. The first-order valence-electron chi connectivity index (χ1n) is 2.77. The molecule has 0 bridgehead atoms. The smallest absolute Gasteiger partial charge is 0.309 e. The number of amides is 2. The normalized spacial score (nSPS) is 6.00. The van der Waals surface area contributed by atoms with Crippen molar-refractivity contribution >= 4 is 17.8 Å². The SMILES string of the molecule is CCSCC.N.N.NC(N)=O. The molecule has 0 aliphatic heterocycles. The Morgan fingerprint density at radius 2 is 1.36 bits per heavy atom. The number of nitrogens with two attached hydrogens (primary N) is 2. The van der Waals surface area contributed by atoms with Gasteiger partial charge in [-0.2, -0.15) is 11.8 Å². The van der Waals surface area contributed by atoms with Crippen LogP contribution in [0.3, 0.4) is 0 Å². The molecule has 2 amide bonds. The van der Waals surface area contributed by atoms with Crippen LogP contribution in [0.1, 0.15) is 13.8 Å². The first-order chi connectivity index (χ1) is 4.15. The summed E-state index contributed by atoms with van der Waals surface area (Å²) in [5, 5.41) is 0. The molecule has 0 fully saturated rings. The molecule has 0 aromatic heterocycles. The zero-order valence-electron chi connectivity index (χ0n) is 7.30. The van der Waals surface area contributed by atoms with Gasteiger partial charge in [0, 0.05) is 0 Å². The molecule has 11 heavy (non-hydrogen) atoms. The van der Waals surface area contributed by atoms with Crippen LogP contribution in [0.15, 0.2) is 0 Å². The summed E-state index contributed by atoms with van der Waals surface area (Å²) in [7, 11) is 0. The zero-order chi connectivity index (χ0) is 7.70. The molecule has 0 unspecified atom stereocenters. The standard InChI is InChI=1S/C4H10S.CH4N2O.2H3N/c1-3-5-4-2;2-1(3)4;;/h3-4H2,1-2H3;(H4,2,3,4);2*1H3. The molecule has 0 aromatic carbocycles. The van der Waals surface area contributed by atoms with Gasteiger partial charge in [-0.1, -0.05) is 13.8 Å². The van der Waals surface area contributed by atoms with E-state index in [1.54, 1.807) is 0 Å². The van der Waals surface area contributed by atoms with E-state index in [4.69, 9.17) is 4.79 Å². The van der Waals surface area contributed by atoms with Gasteiger partial charge in [0.1, 0.15) is 0 Å². The van der Waals surface area contributed by atoms with Crippen LogP contribution in [0, 0.1) is 0 Å². The monoisotopic (exact) mass is 184 g/mol. The van der Waals surface area contributed by atoms with E-state index in [-0.39, 0.29) is 12.3 Å². The molecular formula is C5H20N4OS. The number of primary amides is 2. The molecule has 0 radical (unpaired) electrons. The zero-order valence-corrected chi connectivity index (χ0v) is 8.12. The fourth-order valence-corrected chi connectivity index (χ4v) is 0.612. The van der Waals surface area contributed by atoms with E-state index in [2.05, 4.69) is 25.3 Å². The maximum absolute atomic E-state index is 9.00. The third kappa shape index (κ3) is 229. The topological polar surface area (TPSA) is 139 Å². The van der Waals surface area contributed by atoms with Crippen molar-refractivity contribution in [2.75, 3.05) is 11.5 Å². The van der Waals surface area contributed by atoms with Crippen LogP contribution in [-0.2, 0) is 0 Å². The summed E-state index contributed by atoms with van der Waals surface area (Å²) in [5.74, 6) is 2.52. The highest BCUT2D eigenvalue weighted by molar-refractivity contribution is 7.99. The Balaban J connectivity index is -0.0000000383. The van der Waals surface area contributed by atoms with Crippen molar-refractivity contribution in [3.8, 4) is 0 Å². The maximum Gasteiger partial charge on any atom is 0.309 e. The van der Waals surface area contributed by atoms with Gasteiger partial charge < -0.3 is 23.8 Å². The lowest BCUT2D eigenvalue weighted by Crippen LogP contribution is -2.18. The van der Waals surface area contributed by atoms with Gasteiger partial charge in [-0.15, -0.1) is 0 Å². The van der Waals surface area contributed by atoms with Crippen LogP contribution in [0.25, 0.3) is 0 Å². The molecule has 0 rings (SSSR count). The quantitative estimate of drug-likeness (QED) is 0.510. The first-order valence-corrected chi connectivity index (χ1v) is 3.93. The number of urea groups is 1. The molecule has 0 spiro atoms. The molecule has 72 valence electrons. The Kier molecular flexibility index (Phi) is 46.2. The van der Waals surface area contributed by atoms with Crippen molar-refractivity contribution in [2.45, 2.75) is 13.8 Å². The van der Waals surface area contributed by atoms with Crippen LogP contribution >= 0.6 is 11.8 Å². The van der Waals surface area contributed by atoms with E-state index >= 15 is 0 Å². The summed E-state index contributed by atoms with van der Waals surface area (Å²) < 4.78 is 0. The van der Waals surface area contributed by atoms with Crippen molar-refractivity contribution in [3.05, 3.63) is 0 Å². The fourth-order valence-electron chi connectivity index (χ4n) is 0.204. The first kappa shape index (κ1) is 22.4. The predicted molar refractivity (Wildman–Crippen MR) is 52.5 cm³/mol. The number of hydrogen-bond acceptors (Lipinski definition) is 4. The molecule has 5 nitrogen and oxygen atoms in total. The third-order valence-corrected chi connectivity index (χ3v) is 1.22. The number of hydrogen-bond donors (Lipinski definition) is 4. The van der Waals surface area contributed by atoms with Gasteiger partial charge in [0.25, 0.3) is 0 Å². The Morgan fingerprint density at radius 1 is 1.18 bits per heavy atom. The lowest BCUT2D eigenvalue weighted by Gasteiger charge is -1.80. The van der Waals surface area contributed by atoms with Crippen LogP contribution < -0.4 is 23.8 Å². The van der Waals surface area contributed by atoms with Gasteiger partial charge in [-0.05, 0) is 11.5 Å². The summed E-state index contributed by atoms with van der Waals surface area (Å²) in [6.45, 7) is 4.35. The van der Waals surface area contributed by atoms with Crippen LogP contribution in [0.4, 0.5) is 4.79 Å². The predicted octanol–water partition coefficient (Wildman–Crippen LogP) is 1.11. The van der Waals surface area contributed by atoms with Crippen LogP contribution in [-0.4, -0.2) is 17.5 Å². The molecule has 0 aromatic rings. The Hall–Kier alpha value is -0.460. The molecule has 0 saturated carbocycles. The average molecular weight is 184 g/mol. The van der Waals surface area contributed by atoms with Crippen molar-refractivity contribution < 1.29 is 4.79 Å². The Morgan fingerprint density at radius 3 is 1.36 bits per heavy atom. The molecule has 0 atom stereocenters. The molecule has 6 heteroatoms. The Labute approximate surface area is 72.4 Å². The van der Waals surface area contributed by atoms with E-state index in [1.165, 1.54) is 11.5 Å². The fraction of sp³-hybridized carbons (Fsp3) is 0.800. The highest BCUT2D eigenvalue weighted by Crippen LogP contribution is 1.93. The van der Waals surface area contributed by atoms with E-state index < -0.39 is 6.03 Å². The van der Waals surface area contributed by atoms with E-state index in [0.29, 0.717) is 0 Å². The summed E-state index contributed by atoms with van der Waals surface area (Å²) in [5.41, 5.74) is 8.50. The van der Waals surface area contributed by atoms with Gasteiger partial charge in [-0.3, -0.25) is 0 Å². The molecule has 0 aliphatic carbocycles. The molecule has 0 aliphatic rings. The minimum atomic E-state index is -0.833. The summed E-state index contributed by atoms with van der Waals surface area (Å²) >= 11 is 1.96. The van der Waals surface area contributed by atoms with Crippen LogP contribution in [0.5, 0.6) is 0 Å². The Bertz CT molecular complexity index is 65.5. The lowest BCUT2D eigenvalue weighted by molar-refractivity contribution is 0.256. The van der Waals surface area contributed by atoms with Gasteiger partial charge in [0.2, 0.25) is 0 Å². The van der Waals surface area contributed by atoms with Crippen molar-refractivity contribution in [2.24, 2.45) is 11.5 Å². The minimum Gasteiger partial charge on any atom is -0.352 e. The van der Waals surface area contributed by atoms with E-state index in [9.17, 15) is 0 Å². The van der Waals surface area contributed by atoms with Gasteiger partial charge in [0.05, 0.1) is 0 Å². The average Bonchev–Trinajstić information content (AvgIpc) is 1.66. The summed E-state index contributed by atoms with van der Waals surface area (Å²) in [6.07, 6.45) is 0. The van der Waals surface area contributed by atoms with Gasteiger partial charge in [0.15, 0.2) is 0 Å². The largest absolute Gasteiger partial charge is 0.352 e. The molecular weight excluding hydrogens is 164 g/mol. The van der Waals surface area contributed by atoms with Crippen molar-refractivity contribution in [1.29, 1.82) is 0 Å². The second-order valence-electron chi connectivity index (χ2n) is 1.18. The van der Waals surface area contributed by atoms with E-state index in [1.807, 2.05) is 11.8 Å². The molecule has 0 saturated heterocycles. The maximum atomic E-state index is 9.00. The third-order valence-electron chi connectivity index (χ3n) is 0.408.